The third kappa shape index (κ3) is 7.24. The maximum Gasteiger partial charge on any atom is 0.222 e. The Bertz CT molecular complexity index is 390. The van der Waals surface area contributed by atoms with E-state index in [0.717, 1.165) is 18.4 Å². The molecule has 0 bridgehead atoms. The smallest absolute Gasteiger partial charge is 0.222 e. The van der Waals surface area contributed by atoms with Crippen molar-refractivity contribution >= 4 is 11.8 Å². The molecule has 104 valence electrons. The van der Waals surface area contributed by atoms with Crippen LogP contribution in [-0.4, -0.2) is 18.4 Å². The molecule has 0 aromatic heterocycles. The van der Waals surface area contributed by atoms with Gasteiger partial charge in [0.05, 0.1) is 0 Å². The van der Waals surface area contributed by atoms with Crippen LogP contribution in [0.2, 0.25) is 0 Å². The molecule has 0 aliphatic rings. The summed E-state index contributed by atoms with van der Waals surface area (Å²) in [6.45, 7) is 2.98. The molecule has 2 amide bonds. The van der Waals surface area contributed by atoms with E-state index < -0.39 is 0 Å². The van der Waals surface area contributed by atoms with Crippen molar-refractivity contribution in [3.05, 3.63) is 35.9 Å². The van der Waals surface area contributed by atoms with Crippen LogP contribution in [0, 0.1) is 0 Å². The molecule has 0 unspecified atom stereocenters. The lowest BCUT2D eigenvalue weighted by molar-refractivity contribution is -0.122. The van der Waals surface area contributed by atoms with Gasteiger partial charge in [0, 0.05) is 25.9 Å². The van der Waals surface area contributed by atoms with Crippen molar-refractivity contribution in [3.63, 3.8) is 0 Å². The van der Waals surface area contributed by atoms with Gasteiger partial charge in [-0.2, -0.15) is 0 Å². The molecule has 0 saturated carbocycles. The molecule has 2 N–H and O–H groups in total. The Hall–Kier alpha value is -1.84. The summed E-state index contributed by atoms with van der Waals surface area (Å²) in [7, 11) is 0. The molecule has 0 atom stereocenters. The van der Waals surface area contributed by atoms with Crippen molar-refractivity contribution in [2.75, 3.05) is 6.54 Å². The fourth-order valence-corrected chi connectivity index (χ4v) is 1.63. The number of nitrogens with one attached hydrogen (secondary N) is 2. The Labute approximate surface area is 114 Å². The molecule has 0 aliphatic heterocycles. The molecule has 4 nitrogen and oxygen atoms in total. The predicted octanol–water partition coefficient (Wildman–Crippen LogP) is 2.00. The van der Waals surface area contributed by atoms with Gasteiger partial charge in [-0.1, -0.05) is 43.7 Å². The first-order valence-electron chi connectivity index (χ1n) is 6.79. The number of hydrogen-bond acceptors (Lipinski definition) is 2. The molecule has 1 rings (SSSR count). The molecule has 0 spiro atoms. The summed E-state index contributed by atoms with van der Waals surface area (Å²) < 4.78 is 0. The van der Waals surface area contributed by atoms with Crippen LogP contribution in [0.5, 0.6) is 0 Å². The molecule has 4 heteroatoms. The fourth-order valence-electron chi connectivity index (χ4n) is 1.63. The van der Waals surface area contributed by atoms with Gasteiger partial charge in [0.1, 0.15) is 0 Å². The van der Waals surface area contributed by atoms with E-state index in [1.165, 1.54) is 0 Å². The zero-order chi connectivity index (χ0) is 13.9. The highest BCUT2D eigenvalue weighted by Crippen LogP contribution is 1.97. The van der Waals surface area contributed by atoms with Gasteiger partial charge < -0.3 is 10.6 Å². The monoisotopic (exact) mass is 262 g/mol. The first-order valence-corrected chi connectivity index (χ1v) is 6.79. The van der Waals surface area contributed by atoms with E-state index in [2.05, 4.69) is 10.6 Å². The van der Waals surface area contributed by atoms with Gasteiger partial charge in [0.15, 0.2) is 0 Å². The van der Waals surface area contributed by atoms with E-state index >= 15 is 0 Å². The Balaban J connectivity index is 2.10. The molecule has 0 radical (unpaired) electrons. The molecule has 19 heavy (non-hydrogen) atoms. The number of rotatable bonds is 8. The summed E-state index contributed by atoms with van der Waals surface area (Å²) in [5.41, 5.74) is 1.07. The van der Waals surface area contributed by atoms with Gasteiger partial charge in [0.25, 0.3) is 0 Å². The van der Waals surface area contributed by atoms with Crippen molar-refractivity contribution < 1.29 is 9.59 Å². The summed E-state index contributed by atoms with van der Waals surface area (Å²) >= 11 is 0. The molecular weight excluding hydrogens is 240 g/mol. The summed E-state index contributed by atoms with van der Waals surface area (Å²) in [5.74, 6) is -0.0163. The van der Waals surface area contributed by atoms with Crippen molar-refractivity contribution in [2.24, 2.45) is 0 Å². The molecule has 0 fully saturated rings. The highest BCUT2D eigenvalue weighted by Gasteiger charge is 2.03. The van der Waals surface area contributed by atoms with E-state index in [-0.39, 0.29) is 11.8 Å². The average Bonchev–Trinajstić information content (AvgIpc) is 2.44. The van der Waals surface area contributed by atoms with Crippen molar-refractivity contribution in [3.8, 4) is 0 Å². The quantitative estimate of drug-likeness (QED) is 0.753. The number of amides is 2. The maximum atomic E-state index is 11.5. The number of carbonyl (C=O) groups is 2. The zero-order valence-corrected chi connectivity index (χ0v) is 11.4. The minimum Gasteiger partial charge on any atom is -0.356 e. The Morgan fingerprint density at radius 1 is 1.00 bits per heavy atom. The van der Waals surface area contributed by atoms with E-state index in [1.54, 1.807) is 0 Å². The van der Waals surface area contributed by atoms with Gasteiger partial charge >= 0.3 is 0 Å². The maximum absolute atomic E-state index is 11.5. The molecule has 1 aromatic rings. The first kappa shape index (κ1) is 15.2. The minimum absolute atomic E-state index is 0.0257. The standard InChI is InChI=1S/C15H22N2O2/c1-2-3-9-14(18)16-11-10-15(19)17-12-13-7-5-4-6-8-13/h4-8H,2-3,9-12H2,1H3,(H,16,18)(H,17,19). The number of carbonyl (C=O) groups excluding carboxylic acids is 2. The van der Waals surface area contributed by atoms with E-state index in [9.17, 15) is 9.59 Å². The lowest BCUT2D eigenvalue weighted by Crippen LogP contribution is -2.30. The zero-order valence-electron chi connectivity index (χ0n) is 11.4. The van der Waals surface area contributed by atoms with Crippen molar-refractivity contribution in [2.45, 2.75) is 39.2 Å². The van der Waals surface area contributed by atoms with Crippen LogP contribution in [0.25, 0.3) is 0 Å². The predicted molar refractivity (Wildman–Crippen MR) is 75.4 cm³/mol. The summed E-state index contributed by atoms with van der Waals surface area (Å²) in [6.07, 6.45) is 2.77. The largest absolute Gasteiger partial charge is 0.356 e. The molecular formula is C15H22N2O2. The summed E-state index contributed by atoms with van der Waals surface area (Å²) in [4.78, 5) is 22.9. The second-order valence-electron chi connectivity index (χ2n) is 4.47. The SMILES string of the molecule is CCCCC(=O)NCCC(=O)NCc1ccccc1. The lowest BCUT2D eigenvalue weighted by atomic mass is 10.2. The van der Waals surface area contributed by atoms with Crippen LogP contribution in [0.4, 0.5) is 0 Å². The normalized spacial score (nSPS) is 9.95. The molecule has 0 heterocycles. The van der Waals surface area contributed by atoms with Crippen LogP contribution >= 0.6 is 0 Å². The van der Waals surface area contributed by atoms with Crippen molar-refractivity contribution in [1.82, 2.24) is 10.6 Å². The van der Waals surface area contributed by atoms with Gasteiger partial charge in [0.2, 0.25) is 11.8 Å². The Morgan fingerprint density at radius 3 is 2.37 bits per heavy atom. The molecule has 0 saturated heterocycles. The molecule has 0 aliphatic carbocycles. The fraction of sp³-hybridized carbons (Fsp3) is 0.467. The van der Waals surface area contributed by atoms with E-state index in [0.29, 0.717) is 25.9 Å². The van der Waals surface area contributed by atoms with E-state index in [1.807, 2.05) is 37.3 Å². The van der Waals surface area contributed by atoms with Crippen LogP contribution in [0.1, 0.15) is 38.2 Å². The van der Waals surface area contributed by atoms with E-state index in [4.69, 9.17) is 0 Å². The second kappa shape index (κ2) is 9.14. The summed E-state index contributed by atoms with van der Waals surface area (Å²) in [6, 6.07) is 9.75. The van der Waals surface area contributed by atoms with Crippen LogP contribution in [-0.2, 0) is 16.1 Å². The Kier molecular flexibility index (Phi) is 7.32. The van der Waals surface area contributed by atoms with Gasteiger partial charge in [-0.15, -0.1) is 0 Å². The topological polar surface area (TPSA) is 58.2 Å². The highest BCUT2D eigenvalue weighted by atomic mass is 16.2. The lowest BCUT2D eigenvalue weighted by Gasteiger charge is -2.06. The highest BCUT2D eigenvalue weighted by molar-refractivity contribution is 5.78. The average molecular weight is 262 g/mol. The van der Waals surface area contributed by atoms with Gasteiger partial charge in [-0.25, -0.2) is 0 Å². The van der Waals surface area contributed by atoms with Gasteiger partial charge in [-0.05, 0) is 12.0 Å². The number of benzene rings is 1. The third-order valence-electron chi connectivity index (χ3n) is 2.76. The van der Waals surface area contributed by atoms with Crippen molar-refractivity contribution in [1.29, 1.82) is 0 Å². The Morgan fingerprint density at radius 2 is 1.68 bits per heavy atom. The molecule has 1 aromatic carbocycles. The minimum atomic E-state index is -0.0420. The summed E-state index contributed by atoms with van der Waals surface area (Å²) in [5, 5.41) is 5.57. The second-order valence-corrected chi connectivity index (χ2v) is 4.47. The van der Waals surface area contributed by atoms with Crippen LogP contribution in [0.15, 0.2) is 30.3 Å². The van der Waals surface area contributed by atoms with Crippen LogP contribution in [0.3, 0.4) is 0 Å². The third-order valence-corrected chi connectivity index (χ3v) is 2.76. The number of hydrogen-bond donors (Lipinski definition) is 2. The van der Waals surface area contributed by atoms with Crippen LogP contribution < -0.4 is 10.6 Å². The number of unbranched alkanes of at least 4 members (excludes halogenated alkanes) is 1. The van der Waals surface area contributed by atoms with Gasteiger partial charge in [-0.3, -0.25) is 9.59 Å². The first-order chi connectivity index (χ1) is 9.22.